The lowest BCUT2D eigenvalue weighted by molar-refractivity contribution is 0.101. The second-order valence-electron chi connectivity index (χ2n) is 4.51. The second kappa shape index (κ2) is 5.17. The van der Waals surface area contributed by atoms with Crippen LogP contribution in [0.4, 0.5) is 0 Å². The van der Waals surface area contributed by atoms with Gasteiger partial charge in [0.25, 0.3) is 0 Å². The highest BCUT2D eigenvalue weighted by Crippen LogP contribution is 2.27. The van der Waals surface area contributed by atoms with Gasteiger partial charge in [-0.1, -0.05) is 37.6 Å². The predicted molar refractivity (Wildman–Crippen MR) is 72.6 cm³/mol. The molecule has 0 radical (unpaired) electrons. The van der Waals surface area contributed by atoms with Crippen LogP contribution >= 0.6 is 0 Å². The molecule has 3 heteroatoms. The highest BCUT2D eigenvalue weighted by molar-refractivity contribution is 6.00. The maximum atomic E-state index is 11.7. The molecule has 0 unspecified atom stereocenters. The van der Waals surface area contributed by atoms with Crippen LogP contribution in [0.2, 0.25) is 0 Å². The van der Waals surface area contributed by atoms with Gasteiger partial charge in [-0.05, 0) is 18.9 Å². The monoisotopic (exact) mass is 242 g/mol. The molecule has 1 heterocycles. The highest BCUT2D eigenvalue weighted by atomic mass is 16.1. The van der Waals surface area contributed by atoms with Crippen LogP contribution in [-0.4, -0.2) is 15.6 Å². The summed E-state index contributed by atoms with van der Waals surface area (Å²) in [5.41, 5.74) is 3.89. The Morgan fingerprint density at radius 1 is 1.28 bits per heavy atom. The van der Waals surface area contributed by atoms with Gasteiger partial charge >= 0.3 is 0 Å². The molecule has 0 aliphatic carbocycles. The van der Waals surface area contributed by atoms with E-state index in [0.717, 1.165) is 35.2 Å². The summed E-state index contributed by atoms with van der Waals surface area (Å²) in [6.07, 6.45) is 3.97. The topological polar surface area (TPSA) is 34.9 Å². The fraction of sp³-hybridized carbons (Fsp3) is 0.333. The SMILES string of the molecule is CCCc1nn(C)cc1-c1ccccc1C(C)=O. The lowest BCUT2D eigenvalue weighted by atomic mass is 9.97. The van der Waals surface area contributed by atoms with Gasteiger partial charge < -0.3 is 0 Å². The van der Waals surface area contributed by atoms with Gasteiger partial charge in [0, 0.05) is 24.4 Å². The summed E-state index contributed by atoms with van der Waals surface area (Å²) in [5.74, 6) is 0.0944. The van der Waals surface area contributed by atoms with E-state index in [-0.39, 0.29) is 5.78 Å². The number of carbonyl (C=O) groups is 1. The van der Waals surface area contributed by atoms with Gasteiger partial charge in [0.05, 0.1) is 5.69 Å². The molecule has 0 N–H and O–H groups in total. The van der Waals surface area contributed by atoms with Crippen molar-refractivity contribution < 1.29 is 4.79 Å². The van der Waals surface area contributed by atoms with E-state index in [0.29, 0.717) is 0 Å². The molecule has 0 amide bonds. The molecule has 2 aromatic rings. The summed E-state index contributed by atoms with van der Waals surface area (Å²) >= 11 is 0. The molecule has 0 aliphatic heterocycles. The van der Waals surface area contributed by atoms with Crippen molar-refractivity contribution in [3.05, 3.63) is 41.7 Å². The van der Waals surface area contributed by atoms with E-state index in [1.54, 1.807) is 6.92 Å². The Bertz CT molecular complexity index is 570. The average Bonchev–Trinajstić information content (AvgIpc) is 2.71. The third kappa shape index (κ3) is 2.35. The lowest BCUT2D eigenvalue weighted by Crippen LogP contribution is -1.97. The molecular formula is C15H18N2O. The van der Waals surface area contributed by atoms with Crippen LogP contribution in [0.25, 0.3) is 11.1 Å². The van der Waals surface area contributed by atoms with Gasteiger partial charge in [-0.15, -0.1) is 0 Å². The Morgan fingerprint density at radius 2 is 2.00 bits per heavy atom. The number of benzene rings is 1. The molecule has 0 spiro atoms. The van der Waals surface area contributed by atoms with E-state index < -0.39 is 0 Å². The van der Waals surface area contributed by atoms with E-state index >= 15 is 0 Å². The summed E-state index contributed by atoms with van der Waals surface area (Å²) in [5, 5.41) is 4.48. The standard InChI is InChI=1S/C15H18N2O/c1-4-7-15-14(10-17(3)16-15)13-9-6-5-8-12(13)11(2)18/h5-6,8-10H,4,7H2,1-3H3. The summed E-state index contributed by atoms with van der Waals surface area (Å²) in [6.45, 7) is 3.74. The molecule has 1 aromatic heterocycles. The quantitative estimate of drug-likeness (QED) is 0.771. The van der Waals surface area contributed by atoms with Gasteiger partial charge in [-0.3, -0.25) is 9.48 Å². The van der Waals surface area contributed by atoms with E-state index in [1.165, 1.54) is 0 Å². The van der Waals surface area contributed by atoms with Gasteiger partial charge in [0.2, 0.25) is 0 Å². The van der Waals surface area contributed by atoms with Crippen molar-refractivity contribution in [3.8, 4) is 11.1 Å². The number of carbonyl (C=O) groups excluding carboxylic acids is 1. The minimum atomic E-state index is 0.0944. The average molecular weight is 242 g/mol. The van der Waals surface area contributed by atoms with E-state index in [2.05, 4.69) is 12.0 Å². The molecule has 18 heavy (non-hydrogen) atoms. The van der Waals surface area contributed by atoms with Crippen LogP contribution in [0.15, 0.2) is 30.5 Å². The number of aromatic nitrogens is 2. The van der Waals surface area contributed by atoms with Crippen LogP contribution < -0.4 is 0 Å². The molecule has 0 fully saturated rings. The molecule has 94 valence electrons. The number of nitrogens with zero attached hydrogens (tertiary/aromatic N) is 2. The van der Waals surface area contributed by atoms with Gasteiger partial charge in [0.1, 0.15) is 0 Å². The first-order chi connectivity index (χ1) is 8.63. The first-order valence-electron chi connectivity index (χ1n) is 6.26. The van der Waals surface area contributed by atoms with Crippen molar-refractivity contribution in [3.63, 3.8) is 0 Å². The van der Waals surface area contributed by atoms with Crippen LogP contribution in [0.5, 0.6) is 0 Å². The number of ketones is 1. The van der Waals surface area contributed by atoms with Crippen molar-refractivity contribution >= 4 is 5.78 Å². The fourth-order valence-electron chi connectivity index (χ4n) is 2.21. The van der Waals surface area contributed by atoms with Gasteiger partial charge in [-0.25, -0.2) is 0 Å². The molecule has 0 bridgehead atoms. The number of hydrogen-bond acceptors (Lipinski definition) is 2. The van der Waals surface area contributed by atoms with Crippen molar-refractivity contribution in [1.82, 2.24) is 9.78 Å². The smallest absolute Gasteiger partial charge is 0.160 e. The third-order valence-electron chi connectivity index (χ3n) is 2.99. The van der Waals surface area contributed by atoms with Crippen molar-refractivity contribution in [2.24, 2.45) is 7.05 Å². The molecule has 0 atom stereocenters. The van der Waals surface area contributed by atoms with E-state index in [4.69, 9.17) is 0 Å². The third-order valence-corrected chi connectivity index (χ3v) is 2.99. The zero-order valence-corrected chi connectivity index (χ0v) is 11.1. The zero-order chi connectivity index (χ0) is 13.1. The lowest BCUT2D eigenvalue weighted by Gasteiger charge is -2.06. The predicted octanol–water partition coefficient (Wildman–Crippen LogP) is 3.24. The van der Waals surface area contributed by atoms with Crippen LogP contribution in [-0.2, 0) is 13.5 Å². The molecular weight excluding hydrogens is 224 g/mol. The summed E-state index contributed by atoms with van der Waals surface area (Å²) in [6, 6.07) is 7.73. The van der Waals surface area contributed by atoms with Crippen molar-refractivity contribution in [2.75, 3.05) is 0 Å². The van der Waals surface area contributed by atoms with Crippen molar-refractivity contribution in [2.45, 2.75) is 26.7 Å². The molecule has 2 rings (SSSR count). The molecule has 3 nitrogen and oxygen atoms in total. The largest absolute Gasteiger partial charge is 0.294 e. The van der Waals surface area contributed by atoms with Gasteiger partial charge in [0.15, 0.2) is 5.78 Å². The maximum Gasteiger partial charge on any atom is 0.160 e. The summed E-state index contributed by atoms with van der Waals surface area (Å²) < 4.78 is 1.82. The van der Waals surface area contributed by atoms with Crippen molar-refractivity contribution in [1.29, 1.82) is 0 Å². The normalized spacial score (nSPS) is 10.6. The number of rotatable bonds is 4. The molecule has 0 saturated carbocycles. The van der Waals surface area contributed by atoms with E-state index in [9.17, 15) is 4.79 Å². The Morgan fingerprint density at radius 3 is 2.67 bits per heavy atom. The first kappa shape index (κ1) is 12.6. The fourth-order valence-corrected chi connectivity index (χ4v) is 2.21. The Hall–Kier alpha value is -1.90. The number of aryl methyl sites for hydroxylation is 2. The number of Topliss-reactive ketones (excluding diaryl/α,β-unsaturated/α-hetero) is 1. The molecule has 1 aromatic carbocycles. The summed E-state index contributed by atoms with van der Waals surface area (Å²) in [7, 11) is 1.92. The minimum absolute atomic E-state index is 0.0944. The zero-order valence-electron chi connectivity index (χ0n) is 11.1. The van der Waals surface area contributed by atoms with Crippen LogP contribution in [0.1, 0.15) is 36.3 Å². The van der Waals surface area contributed by atoms with E-state index in [1.807, 2.05) is 42.2 Å². The van der Waals surface area contributed by atoms with Crippen LogP contribution in [0, 0.1) is 0 Å². The molecule has 0 saturated heterocycles. The summed E-state index contributed by atoms with van der Waals surface area (Å²) in [4.78, 5) is 11.7. The minimum Gasteiger partial charge on any atom is -0.294 e. The first-order valence-corrected chi connectivity index (χ1v) is 6.26. The second-order valence-corrected chi connectivity index (χ2v) is 4.51. The Labute approximate surface area is 107 Å². The highest BCUT2D eigenvalue weighted by Gasteiger charge is 2.14. The molecule has 0 aliphatic rings. The maximum absolute atomic E-state index is 11.7. The number of hydrogen-bond donors (Lipinski definition) is 0. The Balaban J connectivity index is 2.58. The Kier molecular flexibility index (Phi) is 3.60. The van der Waals surface area contributed by atoms with Gasteiger partial charge in [-0.2, -0.15) is 5.10 Å². The van der Waals surface area contributed by atoms with Crippen LogP contribution in [0.3, 0.4) is 0 Å².